The Morgan fingerprint density at radius 1 is 1.15 bits per heavy atom. The molecule has 2 aromatic rings. The Morgan fingerprint density at radius 3 is 2.73 bits per heavy atom. The second kappa shape index (κ2) is 8.43. The lowest BCUT2D eigenvalue weighted by Gasteiger charge is -2.35. The van der Waals surface area contributed by atoms with Gasteiger partial charge in [0.05, 0.1) is 4.92 Å². The SMILES string of the molecule is O=C(/C=C\c1cccc([N+](=O)[O-])c1)N1CCCC[C@@H]1Cc1ccccc1. The lowest BCUT2D eigenvalue weighted by molar-refractivity contribution is -0.384. The fourth-order valence-corrected chi connectivity index (χ4v) is 3.39. The van der Waals surface area contributed by atoms with Crippen LogP contribution in [-0.2, 0) is 11.2 Å². The molecule has 2 aromatic carbocycles. The highest BCUT2D eigenvalue weighted by Gasteiger charge is 2.25. The van der Waals surface area contributed by atoms with E-state index in [4.69, 9.17) is 0 Å². The van der Waals surface area contributed by atoms with Crippen LogP contribution in [0.3, 0.4) is 0 Å². The zero-order valence-electron chi connectivity index (χ0n) is 14.6. The molecule has 0 bridgehead atoms. The van der Waals surface area contributed by atoms with Crippen LogP contribution in [0.1, 0.15) is 30.4 Å². The molecule has 0 radical (unpaired) electrons. The lowest BCUT2D eigenvalue weighted by atomic mass is 9.95. The third-order valence-corrected chi connectivity index (χ3v) is 4.72. The van der Waals surface area contributed by atoms with Crippen LogP contribution in [0.5, 0.6) is 0 Å². The molecule has 5 nitrogen and oxygen atoms in total. The van der Waals surface area contributed by atoms with E-state index in [1.807, 2.05) is 23.1 Å². The Labute approximate surface area is 153 Å². The molecule has 134 valence electrons. The molecule has 0 N–H and O–H groups in total. The van der Waals surface area contributed by atoms with Gasteiger partial charge in [0.1, 0.15) is 0 Å². The highest BCUT2D eigenvalue weighted by Crippen LogP contribution is 2.22. The summed E-state index contributed by atoms with van der Waals surface area (Å²) >= 11 is 0. The van der Waals surface area contributed by atoms with Gasteiger partial charge >= 0.3 is 0 Å². The maximum absolute atomic E-state index is 12.7. The first-order valence-corrected chi connectivity index (χ1v) is 8.90. The first-order valence-electron chi connectivity index (χ1n) is 8.90. The Kier molecular flexibility index (Phi) is 5.79. The van der Waals surface area contributed by atoms with Crippen LogP contribution in [0, 0.1) is 10.1 Å². The molecule has 5 heteroatoms. The predicted molar refractivity (Wildman–Crippen MR) is 102 cm³/mol. The van der Waals surface area contributed by atoms with E-state index < -0.39 is 4.92 Å². The van der Waals surface area contributed by atoms with Gasteiger partial charge in [-0.3, -0.25) is 14.9 Å². The minimum atomic E-state index is -0.431. The van der Waals surface area contributed by atoms with Crippen LogP contribution in [0.15, 0.2) is 60.7 Å². The smallest absolute Gasteiger partial charge is 0.270 e. The maximum Gasteiger partial charge on any atom is 0.270 e. The summed E-state index contributed by atoms with van der Waals surface area (Å²) in [6.07, 6.45) is 7.20. The molecule has 0 saturated carbocycles. The standard InChI is InChI=1S/C21H22N2O3/c24-21(13-12-18-9-6-11-20(16-18)23(25)26)22-14-5-4-10-19(22)15-17-7-2-1-3-8-17/h1-3,6-9,11-13,16,19H,4-5,10,14-15H2/b13-12-/t19-/m1/s1. The fraction of sp³-hybridized carbons (Fsp3) is 0.286. The first kappa shape index (κ1) is 17.9. The van der Waals surface area contributed by atoms with Gasteiger partial charge in [-0.05, 0) is 42.9 Å². The molecule has 0 aromatic heterocycles. The van der Waals surface area contributed by atoms with Gasteiger partial charge in [0.2, 0.25) is 5.91 Å². The number of carbonyl (C=O) groups is 1. The van der Waals surface area contributed by atoms with E-state index in [1.165, 1.54) is 23.8 Å². The zero-order chi connectivity index (χ0) is 18.4. The average Bonchev–Trinajstić information content (AvgIpc) is 2.67. The lowest BCUT2D eigenvalue weighted by Crippen LogP contribution is -2.44. The summed E-state index contributed by atoms with van der Waals surface area (Å²) in [7, 11) is 0. The first-order chi connectivity index (χ1) is 12.6. The van der Waals surface area contributed by atoms with Gasteiger partial charge in [-0.1, -0.05) is 42.5 Å². The molecule has 3 rings (SSSR count). The van der Waals surface area contributed by atoms with Crippen LogP contribution in [-0.4, -0.2) is 28.3 Å². The number of carbonyl (C=O) groups excluding carboxylic acids is 1. The van der Waals surface area contributed by atoms with Crippen molar-refractivity contribution in [2.24, 2.45) is 0 Å². The van der Waals surface area contributed by atoms with Gasteiger partial charge in [-0.25, -0.2) is 0 Å². The van der Waals surface area contributed by atoms with Gasteiger partial charge in [-0.15, -0.1) is 0 Å². The molecule has 1 amide bonds. The van der Waals surface area contributed by atoms with Crippen molar-refractivity contribution in [1.82, 2.24) is 4.90 Å². The van der Waals surface area contributed by atoms with Crippen molar-refractivity contribution in [2.75, 3.05) is 6.54 Å². The molecule has 0 aliphatic carbocycles. The van der Waals surface area contributed by atoms with E-state index in [1.54, 1.807) is 18.2 Å². The number of nitro benzene ring substituents is 1. The number of piperidine rings is 1. The van der Waals surface area contributed by atoms with Crippen LogP contribution >= 0.6 is 0 Å². The number of nitro groups is 1. The van der Waals surface area contributed by atoms with E-state index in [0.29, 0.717) is 5.56 Å². The van der Waals surface area contributed by atoms with Crippen LogP contribution in [0.4, 0.5) is 5.69 Å². The van der Waals surface area contributed by atoms with Crippen molar-refractivity contribution in [2.45, 2.75) is 31.7 Å². The van der Waals surface area contributed by atoms with E-state index in [2.05, 4.69) is 12.1 Å². The number of amides is 1. The normalized spacial score (nSPS) is 17.4. The van der Waals surface area contributed by atoms with Crippen molar-refractivity contribution in [1.29, 1.82) is 0 Å². The topological polar surface area (TPSA) is 63.4 Å². The number of likely N-dealkylation sites (tertiary alicyclic amines) is 1. The number of nitrogens with zero attached hydrogens (tertiary/aromatic N) is 2. The van der Waals surface area contributed by atoms with Crippen LogP contribution in [0.25, 0.3) is 6.08 Å². The summed E-state index contributed by atoms with van der Waals surface area (Å²) in [5, 5.41) is 10.9. The second-order valence-electron chi connectivity index (χ2n) is 6.56. The Hall–Kier alpha value is -2.95. The average molecular weight is 350 g/mol. The summed E-state index contributed by atoms with van der Waals surface area (Å²) in [6.45, 7) is 0.760. The summed E-state index contributed by atoms with van der Waals surface area (Å²) in [5.41, 5.74) is 1.92. The third kappa shape index (κ3) is 4.57. The van der Waals surface area contributed by atoms with Gasteiger partial charge < -0.3 is 4.90 Å². The molecule has 1 aliphatic rings. The van der Waals surface area contributed by atoms with Crippen LogP contribution in [0.2, 0.25) is 0 Å². The molecule has 1 saturated heterocycles. The quantitative estimate of drug-likeness (QED) is 0.460. The largest absolute Gasteiger partial charge is 0.336 e. The molecule has 26 heavy (non-hydrogen) atoms. The molecule has 0 spiro atoms. The predicted octanol–water partition coefficient (Wildman–Crippen LogP) is 4.23. The van der Waals surface area contributed by atoms with Crippen LogP contribution < -0.4 is 0 Å². The fourth-order valence-electron chi connectivity index (χ4n) is 3.39. The zero-order valence-corrected chi connectivity index (χ0v) is 14.6. The summed E-state index contributed by atoms with van der Waals surface area (Å²) < 4.78 is 0. The minimum Gasteiger partial charge on any atom is -0.336 e. The van der Waals surface area contributed by atoms with Gasteiger partial charge in [0, 0.05) is 30.8 Å². The molecular formula is C21H22N2O3. The monoisotopic (exact) mass is 350 g/mol. The van der Waals surface area contributed by atoms with E-state index in [0.717, 1.165) is 32.2 Å². The number of hydrogen-bond acceptors (Lipinski definition) is 3. The highest BCUT2D eigenvalue weighted by atomic mass is 16.6. The number of hydrogen-bond donors (Lipinski definition) is 0. The summed E-state index contributed by atoms with van der Waals surface area (Å²) in [4.78, 5) is 25.1. The molecular weight excluding hydrogens is 328 g/mol. The summed E-state index contributed by atoms with van der Waals surface area (Å²) in [6, 6.07) is 16.7. The molecule has 1 atom stereocenters. The van der Waals surface area contributed by atoms with Gasteiger partial charge in [0.15, 0.2) is 0 Å². The number of non-ortho nitro benzene ring substituents is 1. The number of benzene rings is 2. The molecule has 1 heterocycles. The van der Waals surface area contributed by atoms with Crippen molar-refractivity contribution in [3.05, 3.63) is 81.9 Å². The van der Waals surface area contributed by atoms with E-state index >= 15 is 0 Å². The van der Waals surface area contributed by atoms with Crippen molar-refractivity contribution in [3.8, 4) is 0 Å². The van der Waals surface area contributed by atoms with E-state index in [9.17, 15) is 14.9 Å². The third-order valence-electron chi connectivity index (χ3n) is 4.72. The molecule has 0 unspecified atom stereocenters. The Bertz CT molecular complexity index is 802. The molecule has 1 aliphatic heterocycles. The van der Waals surface area contributed by atoms with Gasteiger partial charge in [-0.2, -0.15) is 0 Å². The Balaban J connectivity index is 1.70. The Morgan fingerprint density at radius 2 is 1.96 bits per heavy atom. The highest BCUT2D eigenvalue weighted by molar-refractivity contribution is 5.92. The molecule has 1 fully saturated rings. The van der Waals surface area contributed by atoms with Crippen molar-refractivity contribution in [3.63, 3.8) is 0 Å². The van der Waals surface area contributed by atoms with Crippen molar-refractivity contribution < 1.29 is 9.72 Å². The second-order valence-corrected chi connectivity index (χ2v) is 6.56. The number of rotatable bonds is 5. The minimum absolute atomic E-state index is 0.0273. The van der Waals surface area contributed by atoms with Gasteiger partial charge in [0.25, 0.3) is 5.69 Å². The van der Waals surface area contributed by atoms with Crippen molar-refractivity contribution >= 4 is 17.7 Å². The van der Waals surface area contributed by atoms with E-state index in [-0.39, 0.29) is 17.6 Å². The summed E-state index contributed by atoms with van der Waals surface area (Å²) in [5.74, 6) is -0.0304. The maximum atomic E-state index is 12.7.